The molecule has 0 aromatic rings. The lowest BCUT2D eigenvalue weighted by Crippen LogP contribution is -2.30. The van der Waals surface area contributed by atoms with Gasteiger partial charge in [0.25, 0.3) is 0 Å². The molecule has 2 atom stereocenters. The Morgan fingerprint density at radius 1 is 1.85 bits per heavy atom. The summed E-state index contributed by atoms with van der Waals surface area (Å²) in [6, 6.07) is 1.92. The topological polar surface area (TPSA) is 44.1 Å². The minimum absolute atomic E-state index is 0.132. The maximum Gasteiger partial charge on any atom is 0.223 e. The quantitative estimate of drug-likeness (QED) is 0.646. The van der Waals surface area contributed by atoms with Crippen LogP contribution in [0.15, 0.2) is 0 Å². The smallest absolute Gasteiger partial charge is 0.223 e. The second-order valence-electron chi connectivity index (χ2n) is 3.37. The molecule has 0 radical (unpaired) electrons. The fraction of sp³-hybridized carbons (Fsp3) is 0.778. The van der Waals surface area contributed by atoms with Crippen LogP contribution in [0, 0.1) is 17.2 Å². The zero-order valence-electron chi connectivity index (χ0n) is 7.66. The van der Waals surface area contributed by atoms with E-state index >= 15 is 0 Å². The molecule has 4 heteroatoms. The Bertz CT molecular complexity index is 236. The maximum atomic E-state index is 11.4. The van der Waals surface area contributed by atoms with Gasteiger partial charge in [0.15, 0.2) is 0 Å². The predicted molar refractivity (Wildman–Crippen MR) is 50.2 cm³/mol. The number of hydrogen-bond donors (Lipinski definition) is 0. The third-order valence-corrected chi connectivity index (χ3v) is 2.63. The average Bonchev–Trinajstić information content (AvgIpc) is 2.47. The Balaban J connectivity index is 2.44. The molecule has 0 N–H and O–H groups in total. The van der Waals surface area contributed by atoms with E-state index in [1.165, 1.54) is 0 Å². The number of nitriles is 1. The molecule has 1 aliphatic heterocycles. The van der Waals surface area contributed by atoms with Crippen LogP contribution in [0.1, 0.15) is 19.8 Å². The molecule has 13 heavy (non-hydrogen) atoms. The van der Waals surface area contributed by atoms with Gasteiger partial charge in [-0.2, -0.15) is 5.26 Å². The molecule has 0 spiro atoms. The first kappa shape index (κ1) is 10.3. The molecule has 0 aromatic heterocycles. The molecule has 0 saturated carbocycles. The lowest BCUT2D eigenvalue weighted by Gasteiger charge is -2.16. The Morgan fingerprint density at radius 2 is 2.54 bits per heavy atom. The SMILES string of the molecule is CCC1CC(=O)N(CC(Cl)C#N)C1. The van der Waals surface area contributed by atoms with Crippen molar-refractivity contribution >= 4 is 17.5 Å². The van der Waals surface area contributed by atoms with Crippen molar-refractivity contribution in [2.75, 3.05) is 13.1 Å². The molecule has 1 saturated heterocycles. The van der Waals surface area contributed by atoms with Crippen LogP contribution in [0.25, 0.3) is 0 Å². The first-order chi connectivity index (χ1) is 6.17. The van der Waals surface area contributed by atoms with Crippen molar-refractivity contribution < 1.29 is 4.79 Å². The van der Waals surface area contributed by atoms with Gasteiger partial charge in [-0.15, -0.1) is 11.6 Å². The summed E-state index contributed by atoms with van der Waals surface area (Å²) in [5, 5.41) is 7.91. The van der Waals surface area contributed by atoms with E-state index in [0.29, 0.717) is 18.9 Å². The predicted octanol–water partition coefficient (Wildman–Crippen LogP) is 1.38. The fourth-order valence-electron chi connectivity index (χ4n) is 1.54. The molecule has 1 rings (SSSR count). The van der Waals surface area contributed by atoms with Gasteiger partial charge in [-0.1, -0.05) is 13.3 Å². The third-order valence-electron chi connectivity index (χ3n) is 2.39. The van der Waals surface area contributed by atoms with E-state index in [2.05, 4.69) is 6.92 Å². The van der Waals surface area contributed by atoms with Gasteiger partial charge in [-0.05, 0) is 5.92 Å². The summed E-state index contributed by atoms with van der Waals surface area (Å²) in [6.07, 6.45) is 1.63. The highest BCUT2D eigenvalue weighted by molar-refractivity contribution is 6.22. The maximum absolute atomic E-state index is 11.4. The van der Waals surface area contributed by atoms with Gasteiger partial charge in [0.2, 0.25) is 5.91 Å². The Hall–Kier alpha value is -0.750. The molecule has 0 aromatic carbocycles. The van der Waals surface area contributed by atoms with Crippen molar-refractivity contribution in [1.29, 1.82) is 5.26 Å². The number of rotatable bonds is 3. The monoisotopic (exact) mass is 200 g/mol. The second kappa shape index (κ2) is 4.48. The number of hydrogen-bond acceptors (Lipinski definition) is 2. The minimum Gasteiger partial charge on any atom is -0.340 e. The zero-order valence-corrected chi connectivity index (χ0v) is 8.42. The minimum atomic E-state index is -0.570. The van der Waals surface area contributed by atoms with Crippen LogP contribution in [-0.4, -0.2) is 29.3 Å². The molecule has 1 heterocycles. The largest absolute Gasteiger partial charge is 0.340 e. The van der Waals surface area contributed by atoms with E-state index in [9.17, 15) is 4.79 Å². The van der Waals surface area contributed by atoms with Crippen molar-refractivity contribution in [3.63, 3.8) is 0 Å². The first-order valence-corrected chi connectivity index (χ1v) is 4.92. The molecule has 0 bridgehead atoms. The number of alkyl halides is 1. The molecular weight excluding hydrogens is 188 g/mol. The van der Waals surface area contributed by atoms with Crippen molar-refractivity contribution in [1.82, 2.24) is 4.90 Å². The molecule has 72 valence electrons. The third kappa shape index (κ3) is 2.60. The highest BCUT2D eigenvalue weighted by Crippen LogP contribution is 2.20. The molecule has 3 nitrogen and oxygen atoms in total. The van der Waals surface area contributed by atoms with E-state index in [0.717, 1.165) is 13.0 Å². The molecule has 1 fully saturated rings. The van der Waals surface area contributed by atoms with E-state index in [4.69, 9.17) is 16.9 Å². The summed E-state index contributed by atoms with van der Waals surface area (Å²) in [5.74, 6) is 0.586. The first-order valence-electron chi connectivity index (χ1n) is 4.48. The molecule has 0 aliphatic carbocycles. The normalized spacial score (nSPS) is 24.5. The van der Waals surface area contributed by atoms with E-state index in [1.54, 1.807) is 4.90 Å². The number of halogens is 1. The Morgan fingerprint density at radius 3 is 3.00 bits per heavy atom. The van der Waals surface area contributed by atoms with Crippen molar-refractivity contribution in [2.45, 2.75) is 25.1 Å². The summed E-state index contributed by atoms with van der Waals surface area (Å²) >= 11 is 5.65. The van der Waals surface area contributed by atoms with Crippen LogP contribution in [0.4, 0.5) is 0 Å². The summed E-state index contributed by atoms with van der Waals surface area (Å²) in [5.41, 5.74) is 0. The lowest BCUT2D eigenvalue weighted by atomic mass is 10.1. The second-order valence-corrected chi connectivity index (χ2v) is 3.90. The van der Waals surface area contributed by atoms with Crippen molar-refractivity contribution in [3.05, 3.63) is 0 Å². The van der Waals surface area contributed by atoms with Gasteiger partial charge in [-0.3, -0.25) is 4.79 Å². The van der Waals surface area contributed by atoms with Gasteiger partial charge < -0.3 is 4.90 Å². The van der Waals surface area contributed by atoms with Crippen LogP contribution in [0.5, 0.6) is 0 Å². The van der Waals surface area contributed by atoms with E-state index < -0.39 is 5.38 Å². The van der Waals surface area contributed by atoms with Crippen molar-refractivity contribution in [2.24, 2.45) is 5.92 Å². The number of nitrogens with zero attached hydrogens (tertiary/aromatic N) is 2. The van der Waals surface area contributed by atoms with Crippen LogP contribution < -0.4 is 0 Å². The standard InChI is InChI=1S/C9H13ClN2O/c1-2-7-3-9(13)12(5-7)6-8(10)4-11/h7-8H,2-3,5-6H2,1H3. The van der Waals surface area contributed by atoms with Gasteiger partial charge in [-0.25, -0.2) is 0 Å². The molecule has 2 unspecified atom stereocenters. The lowest BCUT2D eigenvalue weighted by molar-refractivity contribution is -0.127. The summed E-state index contributed by atoms with van der Waals surface area (Å²) in [4.78, 5) is 13.0. The van der Waals surface area contributed by atoms with Gasteiger partial charge in [0.1, 0.15) is 5.38 Å². The molecule has 1 amide bonds. The number of carbonyl (C=O) groups is 1. The summed E-state index contributed by atoms with van der Waals surface area (Å²) in [7, 11) is 0. The summed E-state index contributed by atoms with van der Waals surface area (Å²) < 4.78 is 0. The Kier molecular flexibility index (Phi) is 3.56. The number of amides is 1. The highest BCUT2D eigenvalue weighted by atomic mass is 35.5. The number of likely N-dealkylation sites (tertiary alicyclic amines) is 1. The van der Waals surface area contributed by atoms with Gasteiger partial charge >= 0.3 is 0 Å². The van der Waals surface area contributed by atoms with E-state index in [-0.39, 0.29) is 5.91 Å². The molecule has 1 aliphatic rings. The van der Waals surface area contributed by atoms with Crippen LogP contribution in [-0.2, 0) is 4.79 Å². The van der Waals surface area contributed by atoms with Gasteiger partial charge in [0.05, 0.1) is 12.6 Å². The van der Waals surface area contributed by atoms with Crippen LogP contribution in [0.3, 0.4) is 0 Å². The molecular formula is C9H13ClN2O. The van der Waals surface area contributed by atoms with Crippen LogP contribution >= 0.6 is 11.6 Å². The summed E-state index contributed by atoms with van der Waals surface area (Å²) in [6.45, 7) is 3.21. The fourth-order valence-corrected chi connectivity index (χ4v) is 1.70. The Labute approximate surface area is 83.3 Å². The van der Waals surface area contributed by atoms with Crippen LogP contribution in [0.2, 0.25) is 0 Å². The van der Waals surface area contributed by atoms with E-state index in [1.807, 2.05) is 6.07 Å². The van der Waals surface area contributed by atoms with Gasteiger partial charge in [0, 0.05) is 13.0 Å². The average molecular weight is 201 g/mol. The highest BCUT2D eigenvalue weighted by Gasteiger charge is 2.29. The van der Waals surface area contributed by atoms with Crippen molar-refractivity contribution in [3.8, 4) is 6.07 Å². The zero-order chi connectivity index (χ0) is 9.84. The number of carbonyl (C=O) groups excluding carboxylic acids is 1.